The van der Waals surface area contributed by atoms with Gasteiger partial charge in [-0.1, -0.05) is 38.1 Å². The fourth-order valence-corrected chi connectivity index (χ4v) is 2.86. The molecule has 1 unspecified atom stereocenters. The zero-order chi connectivity index (χ0) is 14.2. The summed E-state index contributed by atoms with van der Waals surface area (Å²) >= 11 is 0. The number of nitrogens with one attached hydrogen (secondary N) is 1. The number of rotatable bonds is 8. The van der Waals surface area contributed by atoms with Crippen LogP contribution in [0.2, 0.25) is 0 Å². The summed E-state index contributed by atoms with van der Waals surface area (Å²) in [5.74, 6) is 0. The van der Waals surface area contributed by atoms with E-state index in [0.717, 1.165) is 39.2 Å². The third-order valence-electron chi connectivity index (χ3n) is 4.01. The quantitative estimate of drug-likeness (QED) is 0.739. The highest BCUT2D eigenvalue weighted by molar-refractivity contribution is 5.31. The van der Waals surface area contributed by atoms with Crippen LogP contribution in [0.4, 0.5) is 0 Å². The molecule has 2 rings (SSSR count). The Morgan fingerprint density at radius 2 is 2.10 bits per heavy atom. The number of benzene rings is 1. The lowest BCUT2D eigenvalue weighted by atomic mass is 9.97. The van der Waals surface area contributed by atoms with Crippen molar-refractivity contribution in [2.24, 2.45) is 0 Å². The maximum atomic E-state index is 5.91. The number of hydrogen-bond acceptors (Lipinski definition) is 3. The molecule has 1 aromatic rings. The Labute approximate surface area is 123 Å². The van der Waals surface area contributed by atoms with Crippen LogP contribution in [0.25, 0.3) is 0 Å². The average Bonchev–Trinajstić information content (AvgIpc) is 2.50. The normalized spacial score (nSPS) is 18.2. The zero-order valence-electron chi connectivity index (χ0n) is 12.9. The van der Waals surface area contributed by atoms with Crippen LogP contribution in [0, 0.1) is 0 Å². The van der Waals surface area contributed by atoms with Crippen LogP contribution in [0.5, 0.6) is 0 Å². The minimum Gasteiger partial charge on any atom is -0.372 e. The maximum absolute atomic E-state index is 5.91. The van der Waals surface area contributed by atoms with Crippen LogP contribution in [0.1, 0.15) is 37.5 Å². The van der Waals surface area contributed by atoms with E-state index in [9.17, 15) is 0 Å². The Hall–Kier alpha value is -0.900. The predicted molar refractivity (Wildman–Crippen MR) is 84.1 cm³/mol. The van der Waals surface area contributed by atoms with Crippen molar-refractivity contribution in [3.63, 3.8) is 0 Å². The largest absolute Gasteiger partial charge is 0.372 e. The summed E-state index contributed by atoms with van der Waals surface area (Å²) in [7, 11) is 0. The first-order chi connectivity index (χ1) is 9.85. The van der Waals surface area contributed by atoms with Gasteiger partial charge in [0, 0.05) is 19.6 Å². The standard InChI is InChI=1S/C17H28N2O/c1-3-11-19(4-2)12-10-18-14-17-16-8-6-5-7-15(16)9-13-20-17/h5-8,17-18H,3-4,9-14H2,1-2H3. The van der Waals surface area contributed by atoms with Gasteiger partial charge in [-0.2, -0.15) is 0 Å². The van der Waals surface area contributed by atoms with Gasteiger partial charge >= 0.3 is 0 Å². The summed E-state index contributed by atoms with van der Waals surface area (Å²) in [4.78, 5) is 2.49. The van der Waals surface area contributed by atoms with Gasteiger partial charge in [0.15, 0.2) is 0 Å². The molecule has 1 aliphatic heterocycles. The minimum atomic E-state index is 0.223. The van der Waals surface area contributed by atoms with Crippen LogP contribution in [-0.2, 0) is 11.2 Å². The summed E-state index contributed by atoms with van der Waals surface area (Å²) in [5.41, 5.74) is 2.82. The summed E-state index contributed by atoms with van der Waals surface area (Å²) in [6.45, 7) is 10.7. The molecule has 1 aromatic carbocycles. The molecule has 1 N–H and O–H groups in total. The zero-order valence-corrected chi connectivity index (χ0v) is 12.9. The van der Waals surface area contributed by atoms with Crippen LogP contribution in [0.15, 0.2) is 24.3 Å². The average molecular weight is 276 g/mol. The monoisotopic (exact) mass is 276 g/mol. The highest BCUT2D eigenvalue weighted by Crippen LogP contribution is 2.25. The second-order valence-corrected chi connectivity index (χ2v) is 5.45. The van der Waals surface area contributed by atoms with Crippen LogP contribution in [0.3, 0.4) is 0 Å². The Morgan fingerprint density at radius 1 is 1.25 bits per heavy atom. The molecule has 0 aromatic heterocycles. The maximum Gasteiger partial charge on any atom is 0.0952 e. The minimum absolute atomic E-state index is 0.223. The lowest BCUT2D eigenvalue weighted by molar-refractivity contribution is 0.0422. The summed E-state index contributed by atoms with van der Waals surface area (Å²) in [5, 5.41) is 3.55. The Bertz CT molecular complexity index is 394. The van der Waals surface area contributed by atoms with Gasteiger partial charge in [-0.05, 0) is 37.1 Å². The Kier molecular flexibility index (Phi) is 6.51. The lowest BCUT2D eigenvalue weighted by Gasteiger charge is -2.27. The van der Waals surface area contributed by atoms with Gasteiger partial charge in [-0.15, -0.1) is 0 Å². The molecule has 0 saturated carbocycles. The van der Waals surface area contributed by atoms with E-state index in [2.05, 4.69) is 48.3 Å². The summed E-state index contributed by atoms with van der Waals surface area (Å²) < 4.78 is 5.91. The van der Waals surface area contributed by atoms with E-state index in [4.69, 9.17) is 4.74 Å². The highest BCUT2D eigenvalue weighted by Gasteiger charge is 2.19. The van der Waals surface area contributed by atoms with Gasteiger partial charge in [0.2, 0.25) is 0 Å². The number of nitrogens with zero attached hydrogens (tertiary/aromatic N) is 1. The van der Waals surface area contributed by atoms with Crippen LogP contribution in [-0.4, -0.2) is 44.2 Å². The molecule has 112 valence electrons. The molecular formula is C17H28N2O. The lowest BCUT2D eigenvalue weighted by Crippen LogP contribution is -2.35. The molecule has 20 heavy (non-hydrogen) atoms. The van der Waals surface area contributed by atoms with E-state index < -0.39 is 0 Å². The first kappa shape index (κ1) is 15.5. The number of fused-ring (bicyclic) bond motifs is 1. The van der Waals surface area contributed by atoms with Gasteiger partial charge in [0.05, 0.1) is 12.7 Å². The molecule has 3 heteroatoms. The second-order valence-electron chi connectivity index (χ2n) is 5.45. The molecule has 0 amide bonds. The third kappa shape index (κ3) is 4.30. The van der Waals surface area contributed by atoms with Gasteiger partial charge in [-0.3, -0.25) is 0 Å². The van der Waals surface area contributed by atoms with Crippen molar-refractivity contribution in [2.45, 2.75) is 32.8 Å². The summed E-state index contributed by atoms with van der Waals surface area (Å²) in [6, 6.07) is 8.67. The van der Waals surface area contributed by atoms with E-state index in [-0.39, 0.29) is 6.10 Å². The van der Waals surface area contributed by atoms with Crippen LogP contribution < -0.4 is 5.32 Å². The first-order valence-electron chi connectivity index (χ1n) is 7.97. The molecule has 1 atom stereocenters. The van der Waals surface area contributed by atoms with Crippen molar-refractivity contribution in [3.05, 3.63) is 35.4 Å². The van der Waals surface area contributed by atoms with E-state index in [1.54, 1.807) is 0 Å². The Morgan fingerprint density at radius 3 is 2.90 bits per heavy atom. The molecule has 0 saturated heterocycles. The fourth-order valence-electron chi connectivity index (χ4n) is 2.86. The number of ether oxygens (including phenoxy) is 1. The van der Waals surface area contributed by atoms with Crippen LogP contribution >= 0.6 is 0 Å². The van der Waals surface area contributed by atoms with Crippen molar-refractivity contribution >= 4 is 0 Å². The van der Waals surface area contributed by atoms with Crippen molar-refractivity contribution in [1.29, 1.82) is 0 Å². The number of likely N-dealkylation sites (N-methyl/N-ethyl adjacent to an activating group) is 1. The van der Waals surface area contributed by atoms with E-state index in [0.29, 0.717) is 0 Å². The smallest absolute Gasteiger partial charge is 0.0952 e. The molecular weight excluding hydrogens is 248 g/mol. The SMILES string of the molecule is CCCN(CC)CCNCC1OCCc2ccccc21. The molecule has 0 fully saturated rings. The van der Waals surface area contributed by atoms with Crippen molar-refractivity contribution in [2.75, 3.05) is 39.3 Å². The molecule has 0 radical (unpaired) electrons. The topological polar surface area (TPSA) is 24.5 Å². The van der Waals surface area contributed by atoms with Crippen molar-refractivity contribution in [1.82, 2.24) is 10.2 Å². The van der Waals surface area contributed by atoms with Gasteiger partial charge in [-0.25, -0.2) is 0 Å². The second kappa shape index (κ2) is 8.40. The van der Waals surface area contributed by atoms with E-state index >= 15 is 0 Å². The van der Waals surface area contributed by atoms with E-state index in [1.807, 2.05) is 0 Å². The molecule has 0 spiro atoms. The predicted octanol–water partition coefficient (Wildman–Crippen LogP) is 2.62. The van der Waals surface area contributed by atoms with Gasteiger partial charge in [0.1, 0.15) is 0 Å². The molecule has 1 heterocycles. The van der Waals surface area contributed by atoms with Gasteiger partial charge in [0.25, 0.3) is 0 Å². The highest BCUT2D eigenvalue weighted by atomic mass is 16.5. The first-order valence-corrected chi connectivity index (χ1v) is 7.97. The van der Waals surface area contributed by atoms with Crippen molar-refractivity contribution < 1.29 is 4.74 Å². The molecule has 0 bridgehead atoms. The third-order valence-corrected chi connectivity index (χ3v) is 4.01. The molecule has 0 aliphatic carbocycles. The Balaban J connectivity index is 1.75. The van der Waals surface area contributed by atoms with E-state index in [1.165, 1.54) is 24.1 Å². The van der Waals surface area contributed by atoms with Gasteiger partial charge < -0.3 is 15.0 Å². The molecule has 1 aliphatic rings. The number of hydrogen-bond donors (Lipinski definition) is 1. The summed E-state index contributed by atoms with van der Waals surface area (Å²) in [6.07, 6.45) is 2.50. The molecule has 3 nitrogen and oxygen atoms in total. The van der Waals surface area contributed by atoms with Crippen molar-refractivity contribution in [3.8, 4) is 0 Å². The fraction of sp³-hybridized carbons (Fsp3) is 0.647.